The molecule has 1 amide bonds. The Morgan fingerprint density at radius 1 is 1.07 bits per heavy atom. The highest BCUT2D eigenvalue weighted by molar-refractivity contribution is 5.77. The van der Waals surface area contributed by atoms with Crippen molar-refractivity contribution in [3.05, 3.63) is 65.7 Å². The highest BCUT2D eigenvalue weighted by Gasteiger charge is 2.22. The highest BCUT2D eigenvalue weighted by atomic mass is 16.6. The molecular weight excluding hydrogens is 364 g/mol. The zero-order valence-electron chi connectivity index (χ0n) is 17.0. The van der Waals surface area contributed by atoms with Crippen LogP contribution >= 0.6 is 0 Å². The number of benzene rings is 2. The van der Waals surface area contributed by atoms with Crippen molar-refractivity contribution in [2.24, 2.45) is 0 Å². The first-order chi connectivity index (χ1) is 14.2. The molecule has 0 saturated carbocycles. The quantitative estimate of drug-likeness (QED) is 0.818. The van der Waals surface area contributed by atoms with Crippen LogP contribution in [-0.4, -0.2) is 50.2 Å². The smallest absolute Gasteiger partial charge is 0.278 e. The summed E-state index contributed by atoms with van der Waals surface area (Å²) in [5.41, 5.74) is 3.77. The number of nitrogens with one attached hydrogen (secondary N) is 1. The summed E-state index contributed by atoms with van der Waals surface area (Å²) < 4.78 is 11.3. The van der Waals surface area contributed by atoms with Crippen LogP contribution < -0.4 is 14.4 Å². The summed E-state index contributed by atoms with van der Waals surface area (Å²) in [6.45, 7) is 6.93. The third-order valence-electron chi connectivity index (χ3n) is 5.65. The van der Waals surface area contributed by atoms with E-state index < -0.39 is 0 Å². The van der Waals surface area contributed by atoms with Gasteiger partial charge >= 0.3 is 0 Å². The molecular formula is C24H29N2O3+. The molecule has 2 aliphatic rings. The normalized spacial score (nSPS) is 18.1. The Hall–Kier alpha value is -2.79. The number of nitrogens with zero attached hydrogens (tertiary/aromatic N) is 1. The topological polar surface area (TPSA) is 43.2 Å². The number of rotatable bonds is 6. The second-order valence-electron chi connectivity index (χ2n) is 7.61. The molecule has 152 valence electrons. The molecule has 0 saturated heterocycles. The van der Waals surface area contributed by atoms with Gasteiger partial charge in [-0.15, -0.1) is 0 Å². The summed E-state index contributed by atoms with van der Waals surface area (Å²) >= 11 is 0. The van der Waals surface area contributed by atoms with Crippen molar-refractivity contribution in [3.63, 3.8) is 0 Å². The summed E-state index contributed by atoms with van der Waals surface area (Å²) in [5.74, 6) is 1.76. The minimum atomic E-state index is 0.203. The first kappa shape index (κ1) is 19.5. The van der Waals surface area contributed by atoms with Crippen LogP contribution in [0.25, 0.3) is 5.57 Å². The lowest BCUT2D eigenvalue weighted by Gasteiger charge is -2.27. The SMILES string of the molecule is CCN(Cc1ccc2c(c1)OCCO2)C(=O)C[NH+]1CC=C(c2ccccc2)CC1. The fourth-order valence-electron chi connectivity index (χ4n) is 3.97. The van der Waals surface area contributed by atoms with Gasteiger partial charge in [-0.2, -0.15) is 0 Å². The lowest BCUT2D eigenvalue weighted by Crippen LogP contribution is -3.13. The zero-order chi connectivity index (χ0) is 20.1. The second-order valence-corrected chi connectivity index (χ2v) is 7.61. The van der Waals surface area contributed by atoms with Crippen LogP contribution in [0.2, 0.25) is 0 Å². The van der Waals surface area contributed by atoms with E-state index in [-0.39, 0.29) is 5.91 Å². The second kappa shape index (κ2) is 9.14. The van der Waals surface area contributed by atoms with E-state index in [4.69, 9.17) is 9.47 Å². The summed E-state index contributed by atoms with van der Waals surface area (Å²) in [6.07, 6.45) is 3.31. The first-order valence-electron chi connectivity index (χ1n) is 10.5. The van der Waals surface area contributed by atoms with E-state index in [1.165, 1.54) is 16.0 Å². The van der Waals surface area contributed by atoms with E-state index in [0.29, 0.717) is 32.8 Å². The predicted octanol–water partition coefficient (Wildman–Crippen LogP) is 2.18. The van der Waals surface area contributed by atoms with E-state index >= 15 is 0 Å². The maximum atomic E-state index is 12.9. The van der Waals surface area contributed by atoms with Crippen molar-refractivity contribution in [2.75, 3.05) is 39.4 Å². The van der Waals surface area contributed by atoms with E-state index in [2.05, 4.69) is 30.3 Å². The molecule has 2 heterocycles. The molecule has 5 heteroatoms. The van der Waals surface area contributed by atoms with E-state index in [1.807, 2.05) is 36.1 Å². The molecule has 29 heavy (non-hydrogen) atoms. The van der Waals surface area contributed by atoms with Crippen LogP contribution in [0, 0.1) is 0 Å². The van der Waals surface area contributed by atoms with Gasteiger partial charge in [0.25, 0.3) is 5.91 Å². The monoisotopic (exact) mass is 393 g/mol. The number of amides is 1. The van der Waals surface area contributed by atoms with Crippen molar-refractivity contribution in [1.82, 2.24) is 4.90 Å². The number of carbonyl (C=O) groups excluding carboxylic acids is 1. The van der Waals surface area contributed by atoms with Gasteiger partial charge in [-0.25, -0.2) is 0 Å². The molecule has 1 unspecified atom stereocenters. The maximum absolute atomic E-state index is 12.9. The van der Waals surface area contributed by atoms with Gasteiger partial charge in [-0.1, -0.05) is 36.4 Å². The number of quaternary nitrogens is 1. The number of hydrogen-bond donors (Lipinski definition) is 1. The van der Waals surface area contributed by atoms with Crippen molar-refractivity contribution in [1.29, 1.82) is 0 Å². The van der Waals surface area contributed by atoms with Gasteiger partial charge in [0, 0.05) is 19.5 Å². The van der Waals surface area contributed by atoms with Crippen molar-refractivity contribution < 1.29 is 19.2 Å². The molecule has 1 N–H and O–H groups in total. The number of ether oxygens (including phenoxy) is 2. The van der Waals surface area contributed by atoms with Crippen LogP contribution in [0.5, 0.6) is 11.5 Å². The number of likely N-dealkylation sites (N-methyl/N-ethyl adjacent to an activating group) is 1. The first-order valence-corrected chi connectivity index (χ1v) is 10.5. The Morgan fingerprint density at radius 2 is 1.86 bits per heavy atom. The molecule has 1 atom stereocenters. The van der Waals surface area contributed by atoms with Gasteiger partial charge in [0.2, 0.25) is 0 Å². The highest BCUT2D eigenvalue weighted by Crippen LogP contribution is 2.31. The average Bonchev–Trinajstić information content (AvgIpc) is 2.78. The molecule has 0 aliphatic carbocycles. The number of carbonyl (C=O) groups is 1. The summed E-state index contributed by atoms with van der Waals surface area (Å²) in [4.78, 5) is 16.2. The maximum Gasteiger partial charge on any atom is 0.278 e. The summed E-state index contributed by atoms with van der Waals surface area (Å²) in [7, 11) is 0. The van der Waals surface area contributed by atoms with Crippen molar-refractivity contribution >= 4 is 11.5 Å². The fraction of sp³-hybridized carbons (Fsp3) is 0.375. The standard InChI is InChI=1S/C24H28N2O3/c1-2-26(17-19-8-9-22-23(16-19)29-15-14-28-22)24(27)18-25-12-10-21(11-13-25)20-6-4-3-5-7-20/h3-10,16H,2,11-15,17-18H2,1H3/p+1. The molecule has 0 spiro atoms. The molecule has 5 nitrogen and oxygen atoms in total. The Morgan fingerprint density at radius 3 is 2.59 bits per heavy atom. The fourth-order valence-corrected chi connectivity index (χ4v) is 3.97. The molecule has 0 fully saturated rings. The predicted molar refractivity (Wildman–Crippen MR) is 113 cm³/mol. The molecule has 0 aromatic heterocycles. The van der Waals surface area contributed by atoms with Crippen LogP contribution in [0.3, 0.4) is 0 Å². The molecule has 0 radical (unpaired) electrons. The largest absolute Gasteiger partial charge is 0.486 e. The third-order valence-corrected chi connectivity index (χ3v) is 5.65. The van der Waals surface area contributed by atoms with Crippen molar-refractivity contribution in [2.45, 2.75) is 19.9 Å². The summed E-state index contributed by atoms with van der Waals surface area (Å²) in [5, 5.41) is 0. The summed E-state index contributed by atoms with van der Waals surface area (Å²) in [6, 6.07) is 16.5. The van der Waals surface area contributed by atoms with Gasteiger partial charge in [-0.3, -0.25) is 4.79 Å². The molecule has 0 bridgehead atoms. The van der Waals surface area contributed by atoms with Gasteiger partial charge in [-0.05, 0) is 41.8 Å². The number of hydrogen-bond acceptors (Lipinski definition) is 3. The lowest BCUT2D eigenvalue weighted by molar-refractivity contribution is -0.887. The minimum Gasteiger partial charge on any atom is -0.486 e. The van der Waals surface area contributed by atoms with Crippen LogP contribution in [-0.2, 0) is 11.3 Å². The minimum absolute atomic E-state index is 0.203. The van der Waals surface area contributed by atoms with Crippen molar-refractivity contribution in [3.8, 4) is 11.5 Å². The van der Waals surface area contributed by atoms with E-state index in [0.717, 1.165) is 36.6 Å². The Kier molecular flexibility index (Phi) is 6.15. The van der Waals surface area contributed by atoms with Crippen LogP contribution in [0.1, 0.15) is 24.5 Å². The Labute approximate surface area is 172 Å². The lowest BCUT2D eigenvalue weighted by atomic mass is 9.99. The molecule has 2 aromatic carbocycles. The van der Waals surface area contributed by atoms with E-state index in [9.17, 15) is 4.79 Å². The van der Waals surface area contributed by atoms with E-state index in [1.54, 1.807) is 0 Å². The average molecular weight is 394 g/mol. The Bertz CT molecular complexity index is 879. The van der Waals surface area contributed by atoms with Gasteiger partial charge in [0.05, 0.1) is 13.1 Å². The third kappa shape index (κ3) is 4.80. The molecule has 2 aromatic rings. The van der Waals surface area contributed by atoms with Gasteiger partial charge in [0.1, 0.15) is 13.2 Å². The van der Waals surface area contributed by atoms with Crippen LogP contribution in [0.4, 0.5) is 0 Å². The van der Waals surface area contributed by atoms with Gasteiger partial charge < -0.3 is 19.3 Å². The Balaban J connectivity index is 1.34. The van der Waals surface area contributed by atoms with Crippen LogP contribution in [0.15, 0.2) is 54.6 Å². The number of fused-ring (bicyclic) bond motifs is 1. The molecule has 2 aliphatic heterocycles. The molecule has 4 rings (SSSR count). The van der Waals surface area contributed by atoms with Gasteiger partial charge in [0.15, 0.2) is 18.0 Å². The zero-order valence-corrected chi connectivity index (χ0v) is 17.0.